The van der Waals surface area contributed by atoms with Crippen LogP contribution in [0.5, 0.6) is 11.5 Å². The number of piperidine rings is 1. The van der Waals surface area contributed by atoms with Crippen molar-refractivity contribution in [3.05, 3.63) is 58.6 Å². The minimum Gasteiger partial charge on any atom is -0.496 e. The van der Waals surface area contributed by atoms with Crippen molar-refractivity contribution < 1.29 is 28.6 Å². The van der Waals surface area contributed by atoms with Crippen molar-refractivity contribution in [2.45, 2.75) is 25.8 Å². The van der Waals surface area contributed by atoms with Gasteiger partial charge in [-0.2, -0.15) is 0 Å². The molecule has 1 heterocycles. The minimum absolute atomic E-state index is 0.0596. The molecule has 8 nitrogen and oxygen atoms in total. The van der Waals surface area contributed by atoms with Crippen LogP contribution in [0.15, 0.2) is 42.5 Å². The predicted molar refractivity (Wildman–Crippen MR) is 118 cm³/mol. The number of carbonyl (C=O) groups is 3. The van der Waals surface area contributed by atoms with Gasteiger partial charge in [0, 0.05) is 29.7 Å². The van der Waals surface area contributed by atoms with E-state index in [1.807, 2.05) is 0 Å². The number of halogens is 1. The highest BCUT2D eigenvalue weighted by molar-refractivity contribution is 6.31. The van der Waals surface area contributed by atoms with E-state index in [0.717, 1.165) is 0 Å². The molecule has 2 aromatic carbocycles. The molecule has 170 valence electrons. The van der Waals surface area contributed by atoms with Crippen molar-refractivity contribution >= 4 is 29.6 Å². The molecule has 1 saturated heterocycles. The second-order valence-corrected chi connectivity index (χ2v) is 7.63. The van der Waals surface area contributed by atoms with Crippen LogP contribution in [0.4, 0.5) is 4.79 Å². The van der Waals surface area contributed by atoms with Crippen LogP contribution in [-0.4, -0.2) is 55.7 Å². The fraction of sp³-hybridized carbons (Fsp3) is 0.348. The second-order valence-electron chi connectivity index (χ2n) is 7.19. The van der Waals surface area contributed by atoms with Crippen molar-refractivity contribution in [1.82, 2.24) is 10.2 Å². The maximum Gasteiger partial charge on any atom is 0.513 e. The summed E-state index contributed by atoms with van der Waals surface area (Å²) in [7, 11) is 1.50. The van der Waals surface area contributed by atoms with E-state index in [9.17, 15) is 14.4 Å². The molecule has 2 amide bonds. The Kier molecular flexibility index (Phi) is 7.94. The summed E-state index contributed by atoms with van der Waals surface area (Å²) in [6.45, 7) is 2.93. The zero-order chi connectivity index (χ0) is 23.1. The van der Waals surface area contributed by atoms with Crippen molar-refractivity contribution in [1.29, 1.82) is 0 Å². The van der Waals surface area contributed by atoms with Crippen LogP contribution in [0.3, 0.4) is 0 Å². The maximum atomic E-state index is 12.8. The van der Waals surface area contributed by atoms with E-state index >= 15 is 0 Å². The van der Waals surface area contributed by atoms with Crippen molar-refractivity contribution in [3.8, 4) is 11.5 Å². The van der Waals surface area contributed by atoms with E-state index in [0.29, 0.717) is 53.6 Å². The molecule has 0 bridgehead atoms. The van der Waals surface area contributed by atoms with Crippen molar-refractivity contribution in [2.24, 2.45) is 0 Å². The average molecular weight is 461 g/mol. The highest BCUT2D eigenvalue weighted by Gasteiger charge is 2.26. The largest absolute Gasteiger partial charge is 0.513 e. The second kappa shape index (κ2) is 10.9. The van der Waals surface area contributed by atoms with Gasteiger partial charge in [0.25, 0.3) is 11.8 Å². The molecule has 0 atom stereocenters. The standard InChI is InChI=1S/C23H25ClN2O6/c1-3-31-23(29)32-18-7-4-15(5-8-18)22(28)26-12-10-17(11-13-26)25-21(27)19-14-16(24)6-9-20(19)30-2/h4-9,14,17H,3,10-13H2,1-2H3,(H,25,27). The Morgan fingerprint density at radius 2 is 1.78 bits per heavy atom. The van der Waals surface area contributed by atoms with Crippen molar-refractivity contribution in [3.63, 3.8) is 0 Å². The van der Waals surface area contributed by atoms with Gasteiger partial charge >= 0.3 is 6.16 Å². The Morgan fingerprint density at radius 1 is 1.09 bits per heavy atom. The Hall–Kier alpha value is -3.26. The molecular formula is C23H25ClN2O6. The van der Waals surface area contributed by atoms with E-state index < -0.39 is 6.16 Å². The van der Waals surface area contributed by atoms with Gasteiger partial charge in [0.2, 0.25) is 0 Å². The Balaban J connectivity index is 1.53. The number of hydrogen-bond acceptors (Lipinski definition) is 6. The highest BCUT2D eigenvalue weighted by atomic mass is 35.5. The molecular weight excluding hydrogens is 436 g/mol. The lowest BCUT2D eigenvalue weighted by molar-refractivity contribution is 0.0698. The summed E-state index contributed by atoms with van der Waals surface area (Å²) < 4.78 is 15.0. The van der Waals surface area contributed by atoms with E-state index in [2.05, 4.69) is 5.32 Å². The third-order valence-corrected chi connectivity index (χ3v) is 5.32. The van der Waals surface area contributed by atoms with Crippen LogP contribution in [0.2, 0.25) is 5.02 Å². The number of hydrogen-bond donors (Lipinski definition) is 1. The van der Waals surface area contributed by atoms with Gasteiger partial charge in [-0.05, 0) is 62.2 Å². The fourth-order valence-corrected chi connectivity index (χ4v) is 3.61. The summed E-state index contributed by atoms with van der Waals surface area (Å²) >= 11 is 6.01. The Labute approximate surface area is 191 Å². The van der Waals surface area contributed by atoms with Crippen LogP contribution in [0, 0.1) is 0 Å². The molecule has 2 aromatic rings. The normalized spacial score (nSPS) is 13.9. The molecule has 0 aromatic heterocycles. The number of nitrogens with one attached hydrogen (secondary N) is 1. The number of likely N-dealkylation sites (tertiary alicyclic amines) is 1. The molecule has 1 aliphatic rings. The number of methoxy groups -OCH3 is 1. The smallest absolute Gasteiger partial charge is 0.496 e. The molecule has 32 heavy (non-hydrogen) atoms. The molecule has 1 aliphatic heterocycles. The molecule has 1 N–H and O–H groups in total. The molecule has 1 fully saturated rings. The Morgan fingerprint density at radius 3 is 2.41 bits per heavy atom. The summed E-state index contributed by atoms with van der Waals surface area (Å²) in [5.41, 5.74) is 0.871. The number of ether oxygens (including phenoxy) is 3. The number of rotatable bonds is 6. The fourth-order valence-electron chi connectivity index (χ4n) is 3.44. The van der Waals surface area contributed by atoms with Crippen LogP contribution in [0.25, 0.3) is 0 Å². The molecule has 0 unspecified atom stereocenters. The van der Waals surface area contributed by atoms with Gasteiger partial charge in [0.05, 0.1) is 19.3 Å². The maximum absolute atomic E-state index is 12.8. The summed E-state index contributed by atoms with van der Waals surface area (Å²) in [6, 6.07) is 11.1. The first kappa shape index (κ1) is 23.4. The molecule has 0 radical (unpaired) electrons. The van der Waals surface area contributed by atoms with Crippen LogP contribution < -0.4 is 14.8 Å². The van der Waals surface area contributed by atoms with Crippen LogP contribution >= 0.6 is 11.6 Å². The first-order valence-corrected chi connectivity index (χ1v) is 10.7. The van der Waals surface area contributed by atoms with Gasteiger partial charge < -0.3 is 24.4 Å². The SMILES string of the molecule is CCOC(=O)Oc1ccc(C(=O)N2CCC(NC(=O)c3cc(Cl)ccc3OC)CC2)cc1. The lowest BCUT2D eigenvalue weighted by Gasteiger charge is -2.32. The number of benzene rings is 2. The minimum atomic E-state index is -0.786. The van der Waals surface area contributed by atoms with Gasteiger partial charge in [-0.25, -0.2) is 4.79 Å². The van der Waals surface area contributed by atoms with E-state index in [1.165, 1.54) is 7.11 Å². The van der Waals surface area contributed by atoms with Gasteiger partial charge in [-0.15, -0.1) is 0 Å². The lowest BCUT2D eigenvalue weighted by Crippen LogP contribution is -2.46. The predicted octanol–water partition coefficient (Wildman–Crippen LogP) is 3.92. The highest BCUT2D eigenvalue weighted by Crippen LogP contribution is 2.23. The van der Waals surface area contributed by atoms with E-state index in [4.69, 9.17) is 25.8 Å². The van der Waals surface area contributed by atoms with Gasteiger partial charge in [0.1, 0.15) is 11.5 Å². The molecule has 3 rings (SSSR count). The third kappa shape index (κ3) is 5.91. The zero-order valence-electron chi connectivity index (χ0n) is 17.9. The quantitative estimate of drug-likeness (QED) is 0.518. The average Bonchev–Trinajstić information content (AvgIpc) is 2.79. The summed E-state index contributed by atoms with van der Waals surface area (Å²) in [4.78, 5) is 38.5. The molecule has 0 spiro atoms. The van der Waals surface area contributed by atoms with E-state index in [-0.39, 0.29) is 24.5 Å². The van der Waals surface area contributed by atoms with E-state index in [1.54, 1.807) is 54.3 Å². The van der Waals surface area contributed by atoms with Crippen molar-refractivity contribution in [2.75, 3.05) is 26.8 Å². The molecule has 0 aliphatic carbocycles. The van der Waals surface area contributed by atoms with Crippen LogP contribution in [0.1, 0.15) is 40.5 Å². The molecule has 9 heteroatoms. The van der Waals surface area contributed by atoms with Crippen LogP contribution in [-0.2, 0) is 4.74 Å². The summed E-state index contributed by atoms with van der Waals surface area (Å²) in [5.74, 6) is 0.382. The Bertz CT molecular complexity index is 971. The number of nitrogens with zero attached hydrogens (tertiary/aromatic N) is 1. The van der Waals surface area contributed by atoms with Gasteiger partial charge in [-0.1, -0.05) is 11.6 Å². The first-order valence-electron chi connectivity index (χ1n) is 10.3. The number of amides is 2. The summed E-state index contributed by atoms with van der Waals surface area (Å²) in [6.07, 6.45) is 0.473. The third-order valence-electron chi connectivity index (χ3n) is 5.09. The number of carbonyl (C=O) groups excluding carboxylic acids is 3. The first-order chi connectivity index (χ1) is 15.4. The molecule has 0 saturated carbocycles. The van der Waals surface area contributed by atoms with Gasteiger partial charge in [0.15, 0.2) is 0 Å². The summed E-state index contributed by atoms with van der Waals surface area (Å²) in [5, 5.41) is 3.45. The zero-order valence-corrected chi connectivity index (χ0v) is 18.7. The lowest BCUT2D eigenvalue weighted by atomic mass is 10.0. The van der Waals surface area contributed by atoms with Gasteiger partial charge in [-0.3, -0.25) is 9.59 Å². The monoisotopic (exact) mass is 460 g/mol. The topological polar surface area (TPSA) is 94.2 Å².